The number of amides is 1. The van der Waals surface area contributed by atoms with E-state index in [2.05, 4.69) is 5.32 Å². The van der Waals surface area contributed by atoms with Crippen LogP contribution in [0.3, 0.4) is 0 Å². The van der Waals surface area contributed by atoms with E-state index in [1.807, 2.05) is 38.1 Å². The maximum absolute atomic E-state index is 11.3. The van der Waals surface area contributed by atoms with E-state index in [1.165, 1.54) is 0 Å². The van der Waals surface area contributed by atoms with Gasteiger partial charge in [0.15, 0.2) is 0 Å². The fourth-order valence-corrected chi connectivity index (χ4v) is 1.48. The van der Waals surface area contributed by atoms with Gasteiger partial charge >= 0.3 is 0 Å². The van der Waals surface area contributed by atoms with Gasteiger partial charge in [-0.3, -0.25) is 4.79 Å². The monoisotopic (exact) mass is 222 g/mol. The van der Waals surface area contributed by atoms with E-state index < -0.39 is 5.54 Å². The summed E-state index contributed by atoms with van der Waals surface area (Å²) in [5.41, 5.74) is 5.80. The first kappa shape index (κ1) is 12.5. The van der Waals surface area contributed by atoms with E-state index >= 15 is 0 Å². The van der Waals surface area contributed by atoms with Crippen LogP contribution in [-0.2, 0) is 10.3 Å². The SMILES string of the molecule is COc1cccc(C(C)(C)NC(=O)CN)c1. The normalized spacial score (nSPS) is 11.0. The van der Waals surface area contributed by atoms with Crippen LogP contribution >= 0.6 is 0 Å². The van der Waals surface area contributed by atoms with Gasteiger partial charge in [0.1, 0.15) is 5.75 Å². The zero-order valence-electron chi connectivity index (χ0n) is 9.91. The van der Waals surface area contributed by atoms with E-state index in [9.17, 15) is 4.79 Å². The van der Waals surface area contributed by atoms with Crippen LogP contribution in [0, 0.1) is 0 Å². The first-order valence-corrected chi connectivity index (χ1v) is 5.15. The minimum atomic E-state index is -0.453. The lowest BCUT2D eigenvalue weighted by molar-refractivity contribution is -0.121. The zero-order chi connectivity index (χ0) is 12.2. The summed E-state index contributed by atoms with van der Waals surface area (Å²) in [6.45, 7) is 3.85. The number of carbonyl (C=O) groups is 1. The molecule has 0 aliphatic carbocycles. The molecule has 0 saturated carbocycles. The lowest BCUT2D eigenvalue weighted by Gasteiger charge is -2.27. The fraction of sp³-hybridized carbons (Fsp3) is 0.417. The van der Waals surface area contributed by atoms with Crippen molar-refractivity contribution in [3.05, 3.63) is 29.8 Å². The van der Waals surface area contributed by atoms with Gasteiger partial charge in [0, 0.05) is 0 Å². The largest absolute Gasteiger partial charge is 0.497 e. The molecule has 0 fully saturated rings. The Balaban J connectivity index is 2.92. The van der Waals surface area contributed by atoms with Crippen LogP contribution in [0.5, 0.6) is 5.75 Å². The second kappa shape index (κ2) is 4.99. The standard InChI is InChI=1S/C12H18N2O2/c1-12(2,14-11(15)8-13)9-5-4-6-10(7-9)16-3/h4-7H,8,13H2,1-3H3,(H,14,15). The molecular formula is C12H18N2O2. The molecule has 1 rings (SSSR count). The van der Waals surface area contributed by atoms with Crippen LogP contribution in [0.1, 0.15) is 19.4 Å². The van der Waals surface area contributed by atoms with Gasteiger partial charge in [-0.15, -0.1) is 0 Å². The minimum Gasteiger partial charge on any atom is -0.497 e. The molecule has 88 valence electrons. The van der Waals surface area contributed by atoms with E-state index in [1.54, 1.807) is 7.11 Å². The quantitative estimate of drug-likeness (QED) is 0.799. The van der Waals surface area contributed by atoms with Crippen molar-refractivity contribution in [3.63, 3.8) is 0 Å². The Bertz CT molecular complexity index is 375. The van der Waals surface area contributed by atoms with Gasteiger partial charge in [-0.2, -0.15) is 0 Å². The summed E-state index contributed by atoms with van der Waals surface area (Å²) in [5, 5.41) is 2.85. The molecule has 0 unspecified atom stereocenters. The summed E-state index contributed by atoms with van der Waals surface area (Å²) in [6, 6.07) is 7.60. The summed E-state index contributed by atoms with van der Waals surface area (Å²) < 4.78 is 5.14. The lowest BCUT2D eigenvalue weighted by Crippen LogP contribution is -2.43. The Morgan fingerprint density at radius 2 is 2.19 bits per heavy atom. The van der Waals surface area contributed by atoms with Crippen molar-refractivity contribution >= 4 is 5.91 Å². The third kappa shape index (κ3) is 2.97. The van der Waals surface area contributed by atoms with Crippen LogP contribution in [-0.4, -0.2) is 19.6 Å². The Morgan fingerprint density at radius 1 is 1.50 bits per heavy atom. The highest BCUT2D eigenvalue weighted by Gasteiger charge is 2.22. The number of ether oxygens (including phenoxy) is 1. The van der Waals surface area contributed by atoms with Crippen molar-refractivity contribution in [3.8, 4) is 5.75 Å². The van der Waals surface area contributed by atoms with E-state index in [-0.39, 0.29) is 12.5 Å². The molecule has 0 saturated heterocycles. The predicted molar refractivity (Wildman–Crippen MR) is 63.2 cm³/mol. The van der Waals surface area contributed by atoms with Crippen LogP contribution < -0.4 is 15.8 Å². The number of hydrogen-bond acceptors (Lipinski definition) is 3. The van der Waals surface area contributed by atoms with Gasteiger partial charge in [0.2, 0.25) is 5.91 Å². The highest BCUT2D eigenvalue weighted by atomic mass is 16.5. The summed E-state index contributed by atoms with van der Waals surface area (Å²) in [7, 11) is 1.62. The number of methoxy groups -OCH3 is 1. The minimum absolute atomic E-state index is 0.00655. The molecule has 0 bridgehead atoms. The number of rotatable bonds is 4. The molecule has 0 atom stereocenters. The van der Waals surface area contributed by atoms with Crippen molar-refractivity contribution in [2.45, 2.75) is 19.4 Å². The van der Waals surface area contributed by atoms with Crippen LogP contribution in [0.2, 0.25) is 0 Å². The Hall–Kier alpha value is -1.55. The maximum atomic E-state index is 11.3. The molecule has 16 heavy (non-hydrogen) atoms. The summed E-state index contributed by atoms with van der Waals surface area (Å²) >= 11 is 0. The predicted octanol–water partition coefficient (Wildman–Crippen LogP) is 1.01. The van der Waals surface area contributed by atoms with Gasteiger partial charge in [-0.25, -0.2) is 0 Å². The molecule has 4 nitrogen and oxygen atoms in total. The average molecular weight is 222 g/mol. The molecule has 0 spiro atoms. The van der Waals surface area contributed by atoms with E-state index in [0.29, 0.717) is 0 Å². The second-order valence-electron chi connectivity index (χ2n) is 4.11. The summed E-state index contributed by atoms with van der Waals surface area (Å²) in [6.07, 6.45) is 0. The second-order valence-corrected chi connectivity index (χ2v) is 4.11. The molecule has 3 N–H and O–H groups in total. The highest BCUT2D eigenvalue weighted by Crippen LogP contribution is 2.23. The van der Waals surface area contributed by atoms with E-state index in [0.717, 1.165) is 11.3 Å². The fourth-order valence-electron chi connectivity index (χ4n) is 1.48. The van der Waals surface area contributed by atoms with Crippen molar-refractivity contribution in [2.75, 3.05) is 13.7 Å². The number of carbonyl (C=O) groups excluding carboxylic acids is 1. The highest BCUT2D eigenvalue weighted by molar-refractivity contribution is 5.78. The molecule has 1 amide bonds. The van der Waals surface area contributed by atoms with Gasteiger partial charge in [0.05, 0.1) is 19.2 Å². The number of benzene rings is 1. The molecule has 0 aliphatic heterocycles. The Morgan fingerprint density at radius 3 is 2.75 bits per heavy atom. The van der Waals surface area contributed by atoms with Gasteiger partial charge in [-0.05, 0) is 31.5 Å². The topological polar surface area (TPSA) is 64.3 Å². The molecule has 1 aromatic rings. The smallest absolute Gasteiger partial charge is 0.234 e. The molecule has 0 aliphatic rings. The van der Waals surface area contributed by atoms with Crippen molar-refractivity contribution in [1.29, 1.82) is 0 Å². The molecule has 4 heteroatoms. The van der Waals surface area contributed by atoms with Crippen LogP contribution in [0.25, 0.3) is 0 Å². The van der Waals surface area contributed by atoms with Gasteiger partial charge in [0.25, 0.3) is 0 Å². The van der Waals surface area contributed by atoms with Crippen LogP contribution in [0.15, 0.2) is 24.3 Å². The first-order valence-electron chi connectivity index (χ1n) is 5.15. The molecular weight excluding hydrogens is 204 g/mol. The number of hydrogen-bond donors (Lipinski definition) is 2. The third-order valence-corrected chi connectivity index (χ3v) is 2.43. The third-order valence-electron chi connectivity index (χ3n) is 2.43. The lowest BCUT2D eigenvalue weighted by atomic mass is 9.94. The van der Waals surface area contributed by atoms with Crippen LogP contribution in [0.4, 0.5) is 0 Å². The molecule has 0 radical (unpaired) electrons. The van der Waals surface area contributed by atoms with Crippen molar-refractivity contribution < 1.29 is 9.53 Å². The summed E-state index contributed by atoms with van der Waals surface area (Å²) in [4.78, 5) is 11.3. The Labute approximate surface area is 95.8 Å². The maximum Gasteiger partial charge on any atom is 0.234 e. The Kier molecular flexibility index (Phi) is 3.90. The van der Waals surface area contributed by atoms with Crippen molar-refractivity contribution in [1.82, 2.24) is 5.32 Å². The van der Waals surface area contributed by atoms with Gasteiger partial charge < -0.3 is 15.8 Å². The first-order chi connectivity index (χ1) is 7.49. The average Bonchev–Trinajstić information content (AvgIpc) is 2.28. The summed E-state index contributed by atoms with van der Waals surface area (Å²) in [5.74, 6) is 0.598. The molecule has 1 aromatic carbocycles. The van der Waals surface area contributed by atoms with E-state index in [4.69, 9.17) is 10.5 Å². The number of nitrogens with two attached hydrogens (primary N) is 1. The molecule has 0 heterocycles. The number of nitrogens with one attached hydrogen (secondary N) is 1. The molecule has 0 aromatic heterocycles. The van der Waals surface area contributed by atoms with Crippen molar-refractivity contribution in [2.24, 2.45) is 5.73 Å². The zero-order valence-corrected chi connectivity index (χ0v) is 9.91. The van der Waals surface area contributed by atoms with Gasteiger partial charge in [-0.1, -0.05) is 12.1 Å².